The summed E-state index contributed by atoms with van der Waals surface area (Å²) in [5, 5.41) is 0. The molecule has 2 rings (SSSR count). The summed E-state index contributed by atoms with van der Waals surface area (Å²) in [6.45, 7) is 7.79. The Kier molecular flexibility index (Phi) is 4.49. The SMILES string of the molecule is C=CC(=O)N1CCN(Cc2ccc(F)cc2F)CC1C. The van der Waals surface area contributed by atoms with Crippen LogP contribution in [0, 0.1) is 11.6 Å². The molecule has 1 saturated heterocycles. The van der Waals surface area contributed by atoms with Gasteiger partial charge in [-0.2, -0.15) is 0 Å². The highest BCUT2D eigenvalue weighted by Crippen LogP contribution is 2.16. The molecule has 0 N–H and O–H groups in total. The molecule has 0 spiro atoms. The molecule has 1 atom stereocenters. The predicted molar refractivity (Wildman–Crippen MR) is 73.0 cm³/mol. The van der Waals surface area contributed by atoms with E-state index in [0.29, 0.717) is 31.7 Å². The quantitative estimate of drug-likeness (QED) is 0.792. The number of hydrogen-bond acceptors (Lipinski definition) is 2. The molecular weight excluding hydrogens is 262 g/mol. The Morgan fingerprint density at radius 1 is 1.45 bits per heavy atom. The van der Waals surface area contributed by atoms with E-state index < -0.39 is 11.6 Å². The normalized spacial score (nSPS) is 19.9. The van der Waals surface area contributed by atoms with Crippen LogP contribution >= 0.6 is 0 Å². The molecule has 0 radical (unpaired) electrons. The number of rotatable bonds is 3. The Morgan fingerprint density at radius 2 is 2.20 bits per heavy atom. The molecule has 5 heteroatoms. The number of benzene rings is 1. The van der Waals surface area contributed by atoms with Gasteiger partial charge >= 0.3 is 0 Å². The van der Waals surface area contributed by atoms with E-state index in [2.05, 4.69) is 11.5 Å². The van der Waals surface area contributed by atoms with E-state index in [9.17, 15) is 13.6 Å². The highest BCUT2D eigenvalue weighted by atomic mass is 19.1. The number of hydrogen-bond donors (Lipinski definition) is 0. The molecule has 1 aliphatic heterocycles. The Balaban J connectivity index is 1.99. The van der Waals surface area contributed by atoms with Crippen LogP contribution in [0.3, 0.4) is 0 Å². The van der Waals surface area contributed by atoms with Gasteiger partial charge in [-0.25, -0.2) is 8.78 Å². The molecule has 108 valence electrons. The van der Waals surface area contributed by atoms with Crippen LogP contribution in [0.25, 0.3) is 0 Å². The molecule has 1 amide bonds. The molecule has 1 unspecified atom stereocenters. The van der Waals surface area contributed by atoms with Gasteiger partial charge in [0.05, 0.1) is 0 Å². The van der Waals surface area contributed by atoms with E-state index in [4.69, 9.17) is 0 Å². The van der Waals surface area contributed by atoms with Crippen LogP contribution in [0.1, 0.15) is 12.5 Å². The third-order valence-corrected chi connectivity index (χ3v) is 3.58. The first-order chi connectivity index (χ1) is 9.51. The maximum atomic E-state index is 13.6. The lowest BCUT2D eigenvalue weighted by Gasteiger charge is -2.39. The van der Waals surface area contributed by atoms with E-state index in [1.807, 2.05) is 6.92 Å². The monoisotopic (exact) mass is 280 g/mol. The summed E-state index contributed by atoms with van der Waals surface area (Å²) in [6, 6.07) is 3.68. The van der Waals surface area contributed by atoms with Crippen molar-refractivity contribution in [3.8, 4) is 0 Å². The van der Waals surface area contributed by atoms with E-state index >= 15 is 0 Å². The van der Waals surface area contributed by atoms with Crippen LogP contribution < -0.4 is 0 Å². The minimum absolute atomic E-state index is 0.0535. The molecule has 20 heavy (non-hydrogen) atoms. The lowest BCUT2D eigenvalue weighted by molar-refractivity contribution is -0.130. The standard InChI is InChI=1S/C15H18F2N2O/c1-3-15(20)19-7-6-18(9-11(19)2)10-12-4-5-13(16)8-14(12)17/h3-5,8,11H,1,6-7,9-10H2,2H3. The van der Waals surface area contributed by atoms with Crippen molar-refractivity contribution in [1.82, 2.24) is 9.80 Å². The Hall–Kier alpha value is -1.75. The number of nitrogens with zero attached hydrogens (tertiary/aromatic N) is 2. The average molecular weight is 280 g/mol. The summed E-state index contributed by atoms with van der Waals surface area (Å²) in [6.07, 6.45) is 1.31. The van der Waals surface area contributed by atoms with Gasteiger partial charge in [-0.3, -0.25) is 9.69 Å². The smallest absolute Gasteiger partial charge is 0.246 e. The molecule has 0 aliphatic carbocycles. The van der Waals surface area contributed by atoms with Gasteiger partial charge in [0.15, 0.2) is 0 Å². The van der Waals surface area contributed by atoms with Gasteiger partial charge in [-0.1, -0.05) is 12.6 Å². The predicted octanol–water partition coefficient (Wildman–Crippen LogP) is 2.18. The van der Waals surface area contributed by atoms with Crippen LogP contribution in [-0.2, 0) is 11.3 Å². The molecule has 0 bridgehead atoms. The first kappa shape index (κ1) is 14.7. The highest BCUT2D eigenvalue weighted by Gasteiger charge is 2.26. The minimum atomic E-state index is -0.569. The van der Waals surface area contributed by atoms with Crippen molar-refractivity contribution in [2.24, 2.45) is 0 Å². The molecular formula is C15H18F2N2O. The highest BCUT2D eigenvalue weighted by molar-refractivity contribution is 5.87. The first-order valence-electron chi connectivity index (χ1n) is 6.60. The van der Waals surface area contributed by atoms with Crippen molar-refractivity contribution >= 4 is 5.91 Å². The van der Waals surface area contributed by atoms with Gasteiger partial charge in [0.25, 0.3) is 0 Å². The van der Waals surface area contributed by atoms with Crippen molar-refractivity contribution in [3.63, 3.8) is 0 Å². The first-order valence-corrected chi connectivity index (χ1v) is 6.60. The zero-order valence-corrected chi connectivity index (χ0v) is 11.5. The summed E-state index contributed by atoms with van der Waals surface area (Å²) < 4.78 is 26.5. The van der Waals surface area contributed by atoms with Crippen molar-refractivity contribution in [2.45, 2.75) is 19.5 Å². The van der Waals surface area contributed by atoms with E-state index in [1.165, 1.54) is 18.2 Å². The van der Waals surface area contributed by atoms with Crippen molar-refractivity contribution in [3.05, 3.63) is 48.1 Å². The summed E-state index contributed by atoms with van der Waals surface area (Å²) in [5.74, 6) is -1.17. The number of carbonyl (C=O) groups is 1. The van der Waals surface area contributed by atoms with Crippen molar-refractivity contribution in [2.75, 3.05) is 19.6 Å². The number of carbonyl (C=O) groups excluding carboxylic acids is 1. The summed E-state index contributed by atoms with van der Waals surface area (Å²) in [4.78, 5) is 15.4. The summed E-state index contributed by atoms with van der Waals surface area (Å²) >= 11 is 0. The fourth-order valence-electron chi connectivity index (χ4n) is 2.51. The van der Waals surface area contributed by atoms with Crippen LogP contribution in [0.15, 0.2) is 30.9 Å². The molecule has 3 nitrogen and oxygen atoms in total. The van der Waals surface area contributed by atoms with Crippen molar-refractivity contribution < 1.29 is 13.6 Å². The average Bonchev–Trinajstić information content (AvgIpc) is 2.41. The van der Waals surface area contributed by atoms with Crippen molar-refractivity contribution in [1.29, 1.82) is 0 Å². The molecule has 1 aromatic rings. The van der Waals surface area contributed by atoms with E-state index in [-0.39, 0.29) is 11.9 Å². The lowest BCUT2D eigenvalue weighted by atomic mass is 10.1. The van der Waals surface area contributed by atoms with Gasteiger partial charge in [0.1, 0.15) is 11.6 Å². The lowest BCUT2D eigenvalue weighted by Crippen LogP contribution is -2.53. The second-order valence-electron chi connectivity index (χ2n) is 5.06. The minimum Gasteiger partial charge on any atom is -0.334 e. The molecule has 0 aromatic heterocycles. The van der Waals surface area contributed by atoms with Gasteiger partial charge in [-0.05, 0) is 19.1 Å². The third kappa shape index (κ3) is 3.22. The maximum absolute atomic E-state index is 13.6. The molecule has 1 fully saturated rings. The molecule has 1 aliphatic rings. The van der Waals surface area contributed by atoms with Gasteiger partial charge in [-0.15, -0.1) is 0 Å². The fraction of sp³-hybridized carbons (Fsp3) is 0.400. The van der Waals surface area contributed by atoms with Gasteiger partial charge in [0, 0.05) is 43.9 Å². The second-order valence-corrected chi connectivity index (χ2v) is 5.06. The second kappa shape index (κ2) is 6.13. The fourth-order valence-corrected chi connectivity index (χ4v) is 2.51. The molecule has 0 saturated carbocycles. The van der Waals surface area contributed by atoms with Crippen LogP contribution in [0.2, 0.25) is 0 Å². The Morgan fingerprint density at radius 3 is 2.80 bits per heavy atom. The van der Waals surface area contributed by atoms with Crippen LogP contribution in [0.5, 0.6) is 0 Å². The zero-order chi connectivity index (χ0) is 14.7. The zero-order valence-electron chi connectivity index (χ0n) is 11.5. The number of halogens is 2. The summed E-state index contributed by atoms with van der Waals surface area (Å²) in [5.41, 5.74) is 0.474. The van der Waals surface area contributed by atoms with E-state index in [0.717, 1.165) is 6.07 Å². The van der Waals surface area contributed by atoms with Gasteiger partial charge < -0.3 is 4.90 Å². The maximum Gasteiger partial charge on any atom is 0.246 e. The topological polar surface area (TPSA) is 23.6 Å². The summed E-state index contributed by atoms with van der Waals surface area (Å²) in [7, 11) is 0. The molecule has 1 heterocycles. The van der Waals surface area contributed by atoms with E-state index in [1.54, 1.807) is 4.90 Å². The Labute approximate surface area is 117 Å². The Bertz CT molecular complexity index is 519. The van der Waals surface area contributed by atoms with Crippen LogP contribution in [0.4, 0.5) is 8.78 Å². The number of piperazine rings is 1. The molecule has 1 aromatic carbocycles. The van der Waals surface area contributed by atoms with Gasteiger partial charge in [0.2, 0.25) is 5.91 Å². The third-order valence-electron chi connectivity index (χ3n) is 3.58. The largest absolute Gasteiger partial charge is 0.334 e. The van der Waals surface area contributed by atoms with Crippen LogP contribution in [-0.4, -0.2) is 41.4 Å². The number of amides is 1.